The zero-order valence-corrected chi connectivity index (χ0v) is 9.45. The summed E-state index contributed by atoms with van der Waals surface area (Å²) in [6.45, 7) is 4.20. The van der Waals surface area contributed by atoms with Gasteiger partial charge in [-0.3, -0.25) is 9.59 Å². The lowest BCUT2D eigenvalue weighted by Gasteiger charge is -2.13. The van der Waals surface area contributed by atoms with Gasteiger partial charge in [-0.1, -0.05) is 0 Å². The summed E-state index contributed by atoms with van der Waals surface area (Å²) in [6.07, 6.45) is 0.000509. The van der Waals surface area contributed by atoms with Crippen LogP contribution in [0.25, 0.3) is 0 Å². The Kier molecular flexibility index (Phi) is 7.62. The first-order valence-electron chi connectivity index (χ1n) is 4.96. The van der Waals surface area contributed by atoms with Crippen molar-refractivity contribution < 1.29 is 23.8 Å². The van der Waals surface area contributed by atoms with Crippen molar-refractivity contribution in [2.24, 2.45) is 5.92 Å². The molecule has 0 aromatic carbocycles. The molecule has 0 saturated heterocycles. The number of hydrogen-bond donors (Lipinski definition) is 0. The van der Waals surface area contributed by atoms with Crippen molar-refractivity contribution >= 4 is 11.9 Å². The summed E-state index contributed by atoms with van der Waals surface area (Å²) >= 11 is 0. The third-order valence-electron chi connectivity index (χ3n) is 1.71. The van der Waals surface area contributed by atoms with Crippen LogP contribution in [0.4, 0.5) is 0 Å². The smallest absolute Gasteiger partial charge is 0.311 e. The van der Waals surface area contributed by atoms with Crippen molar-refractivity contribution in [3.8, 4) is 0 Å². The Hall–Kier alpha value is -1.10. The Labute approximate surface area is 89.7 Å². The summed E-state index contributed by atoms with van der Waals surface area (Å²) in [4.78, 5) is 22.5. The van der Waals surface area contributed by atoms with Gasteiger partial charge in [-0.2, -0.15) is 0 Å². The number of esters is 2. The molecule has 0 saturated carbocycles. The second-order valence-electron chi connectivity index (χ2n) is 2.91. The van der Waals surface area contributed by atoms with Crippen LogP contribution in [0.1, 0.15) is 20.3 Å². The molecule has 15 heavy (non-hydrogen) atoms. The lowest BCUT2D eigenvalue weighted by atomic mass is 10.1. The van der Waals surface area contributed by atoms with E-state index in [9.17, 15) is 9.59 Å². The third-order valence-corrected chi connectivity index (χ3v) is 1.71. The number of hydrogen-bond acceptors (Lipinski definition) is 5. The molecule has 0 N–H and O–H groups in total. The minimum Gasteiger partial charge on any atom is -0.466 e. The van der Waals surface area contributed by atoms with Gasteiger partial charge in [0.05, 0.1) is 32.2 Å². The largest absolute Gasteiger partial charge is 0.466 e. The monoisotopic (exact) mass is 218 g/mol. The lowest BCUT2D eigenvalue weighted by molar-refractivity contribution is -0.156. The average molecular weight is 218 g/mol. The van der Waals surface area contributed by atoms with Gasteiger partial charge in [-0.25, -0.2) is 0 Å². The van der Waals surface area contributed by atoms with Crippen molar-refractivity contribution in [3.05, 3.63) is 0 Å². The molecule has 5 nitrogen and oxygen atoms in total. The van der Waals surface area contributed by atoms with Crippen LogP contribution in [0.5, 0.6) is 0 Å². The molecule has 0 aliphatic heterocycles. The van der Waals surface area contributed by atoms with E-state index in [4.69, 9.17) is 14.2 Å². The van der Waals surface area contributed by atoms with Crippen LogP contribution in [0.2, 0.25) is 0 Å². The molecule has 0 aliphatic rings. The number of carbonyl (C=O) groups excluding carboxylic acids is 2. The van der Waals surface area contributed by atoms with E-state index in [1.54, 1.807) is 13.8 Å². The summed E-state index contributed by atoms with van der Waals surface area (Å²) in [6, 6.07) is 0. The zero-order valence-electron chi connectivity index (χ0n) is 9.45. The third kappa shape index (κ3) is 6.06. The number of methoxy groups -OCH3 is 1. The summed E-state index contributed by atoms with van der Waals surface area (Å²) in [5, 5.41) is 0. The number of ether oxygens (including phenoxy) is 3. The first-order chi connectivity index (χ1) is 7.15. The molecule has 0 radical (unpaired) electrons. The molecule has 1 unspecified atom stereocenters. The van der Waals surface area contributed by atoms with E-state index in [1.165, 1.54) is 7.11 Å². The second kappa shape index (κ2) is 8.23. The van der Waals surface area contributed by atoms with Gasteiger partial charge >= 0.3 is 11.9 Å². The maximum atomic E-state index is 11.4. The number of carbonyl (C=O) groups is 2. The fourth-order valence-electron chi connectivity index (χ4n) is 1.09. The van der Waals surface area contributed by atoms with Crippen molar-refractivity contribution in [2.75, 3.05) is 26.9 Å². The molecule has 0 aromatic heterocycles. The Morgan fingerprint density at radius 1 is 1.13 bits per heavy atom. The van der Waals surface area contributed by atoms with E-state index in [2.05, 4.69) is 0 Å². The van der Waals surface area contributed by atoms with E-state index in [0.29, 0.717) is 13.2 Å². The molecule has 0 heterocycles. The molecular weight excluding hydrogens is 200 g/mol. The summed E-state index contributed by atoms with van der Waals surface area (Å²) in [5.41, 5.74) is 0. The zero-order chi connectivity index (χ0) is 11.7. The molecule has 88 valence electrons. The molecule has 0 aliphatic carbocycles. The van der Waals surface area contributed by atoms with E-state index in [-0.39, 0.29) is 13.0 Å². The fourth-order valence-corrected chi connectivity index (χ4v) is 1.09. The first kappa shape index (κ1) is 13.9. The fraction of sp³-hybridized carbons (Fsp3) is 0.800. The standard InChI is InChI=1S/C10H18O5/c1-4-14-9(11)6-8(7-13-3)10(12)15-5-2/h8H,4-7H2,1-3H3. The Morgan fingerprint density at radius 3 is 2.20 bits per heavy atom. The predicted octanol–water partition coefficient (Wildman–Crippen LogP) is 0.765. The predicted molar refractivity (Wildman–Crippen MR) is 53.2 cm³/mol. The van der Waals surface area contributed by atoms with Gasteiger partial charge in [0, 0.05) is 7.11 Å². The topological polar surface area (TPSA) is 61.8 Å². The molecule has 0 aromatic rings. The van der Waals surface area contributed by atoms with Gasteiger partial charge in [-0.15, -0.1) is 0 Å². The molecule has 0 spiro atoms. The van der Waals surface area contributed by atoms with Crippen molar-refractivity contribution in [1.82, 2.24) is 0 Å². The van der Waals surface area contributed by atoms with Crippen molar-refractivity contribution in [3.63, 3.8) is 0 Å². The van der Waals surface area contributed by atoms with Crippen LogP contribution in [0.15, 0.2) is 0 Å². The molecule has 0 rings (SSSR count). The van der Waals surface area contributed by atoms with Crippen molar-refractivity contribution in [1.29, 1.82) is 0 Å². The molecule has 0 fully saturated rings. The average Bonchev–Trinajstić information content (AvgIpc) is 2.18. The molecular formula is C10H18O5. The molecule has 5 heteroatoms. The number of rotatable bonds is 7. The van der Waals surface area contributed by atoms with Crippen LogP contribution in [-0.2, 0) is 23.8 Å². The normalized spacial score (nSPS) is 11.9. The van der Waals surface area contributed by atoms with Crippen LogP contribution in [0.3, 0.4) is 0 Å². The molecule has 0 bridgehead atoms. The van der Waals surface area contributed by atoms with Gasteiger partial charge < -0.3 is 14.2 Å². The Bertz CT molecular complexity index is 202. The summed E-state index contributed by atoms with van der Waals surface area (Å²) < 4.78 is 14.4. The van der Waals surface area contributed by atoms with E-state index >= 15 is 0 Å². The minimum atomic E-state index is -0.575. The van der Waals surface area contributed by atoms with Crippen molar-refractivity contribution in [2.45, 2.75) is 20.3 Å². The second-order valence-corrected chi connectivity index (χ2v) is 2.91. The van der Waals surface area contributed by atoms with Gasteiger partial charge in [0.25, 0.3) is 0 Å². The molecule has 0 amide bonds. The minimum absolute atomic E-state index is 0.000509. The first-order valence-corrected chi connectivity index (χ1v) is 4.96. The summed E-state index contributed by atoms with van der Waals surface area (Å²) in [5.74, 6) is -1.41. The van der Waals surface area contributed by atoms with Gasteiger partial charge in [-0.05, 0) is 13.8 Å². The van der Waals surface area contributed by atoms with Crippen LogP contribution >= 0.6 is 0 Å². The lowest BCUT2D eigenvalue weighted by Crippen LogP contribution is -2.25. The van der Waals surface area contributed by atoms with Crippen LogP contribution in [-0.4, -0.2) is 38.9 Å². The van der Waals surface area contributed by atoms with Gasteiger partial charge in [0.2, 0.25) is 0 Å². The maximum absolute atomic E-state index is 11.4. The van der Waals surface area contributed by atoms with E-state index in [1.807, 2.05) is 0 Å². The van der Waals surface area contributed by atoms with Crippen LogP contribution < -0.4 is 0 Å². The summed E-state index contributed by atoms with van der Waals surface area (Å²) in [7, 11) is 1.47. The maximum Gasteiger partial charge on any atom is 0.311 e. The van der Waals surface area contributed by atoms with Crippen LogP contribution in [0, 0.1) is 5.92 Å². The van der Waals surface area contributed by atoms with Gasteiger partial charge in [0.1, 0.15) is 0 Å². The highest BCUT2D eigenvalue weighted by Gasteiger charge is 2.23. The van der Waals surface area contributed by atoms with E-state index < -0.39 is 17.9 Å². The van der Waals surface area contributed by atoms with E-state index in [0.717, 1.165) is 0 Å². The Balaban J connectivity index is 4.13. The van der Waals surface area contributed by atoms with Gasteiger partial charge in [0.15, 0.2) is 0 Å². The highest BCUT2D eigenvalue weighted by molar-refractivity contribution is 5.80. The SMILES string of the molecule is CCOC(=O)CC(COC)C(=O)OCC. The highest BCUT2D eigenvalue weighted by atomic mass is 16.5. The quantitative estimate of drug-likeness (QED) is 0.590. The Morgan fingerprint density at radius 2 is 1.73 bits per heavy atom. The molecule has 1 atom stereocenters. The highest BCUT2D eigenvalue weighted by Crippen LogP contribution is 2.08.